The van der Waals surface area contributed by atoms with Gasteiger partial charge in [-0.05, 0) is 31.5 Å². The predicted molar refractivity (Wildman–Crippen MR) is 80.5 cm³/mol. The summed E-state index contributed by atoms with van der Waals surface area (Å²) >= 11 is 1.20. The van der Waals surface area contributed by atoms with Gasteiger partial charge < -0.3 is 16.2 Å². The number of nitrogens with one attached hydrogen (secondary N) is 1. The molecule has 4 N–H and O–H groups in total. The molecule has 1 aromatic carbocycles. The third-order valence-electron chi connectivity index (χ3n) is 3.08. The van der Waals surface area contributed by atoms with Crippen LogP contribution in [0.4, 0.5) is 5.69 Å². The van der Waals surface area contributed by atoms with Crippen molar-refractivity contribution in [3.8, 4) is 0 Å². The van der Waals surface area contributed by atoms with E-state index < -0.39 is 5.97 Å². The van der Waals surface area contributed by atoms with Gasteiger partial charge in [0, 0.05) is 16.6 Å². The Balaban J connectivity index is 2.14. The summed E-state index contributed by atoms with van der Waals surface area (Å²) in [5.41, 5.74) is 7.53. The molecule has 21 heavy (non-hydrogen) atoms. The zero-order valence-corrected chi connectivity index (χ0v) is 12.4. The lowest BCUT2D eigenvalue weighted by Crippen LogP contribution is -2.27. The fraction of sp³-hybridized carbons (Fsp3) is 0.214. The van der Waals surface area contributed by atoms with Gasteiger partial charge in [0.1, 0.15) is 5.01 Å². The number of benzene rings is 1. The molecule has 0 aliphatic rings. The monoisotopic (exact) mass is 305 g/mol. The zero-order chi connectivity index (χ0) is 15.6. The number of rotatable bonds is 4. The lowest BCUT2D eigenvalue weighted by atomic mass is 10.1. The molecular weight excluding hydrogens is 290 g/mol. The molecule has 1 aromatic heterocycles. The topological polar surface area (TPSA) is 105 Å². The number of carboxylic acid groups (broad SMARTS) is 1. The summed E-state index contributed by atoms with van der Waals surface area (Å²) in [5, 5.41) is 13.6. The van der Waals surface area contributed by atoms with Gasteiger partial charge in [-0.3, -0.25) is 4.79 Å². The molecule has 110 valence electrons. The Hall–Kier alpha value is -2.41. The van der Waals surface area contributed by atoms with Gasteiger partial charge in [0.2, 0.25) is 0 Å². The molecule has 0 saturated carbocycles. The van der Waals surface area contributed by atoms with Crippen LogP contribution in [0.15, 0.2) is 23.6 Å². The Morgan fingerprint density at radius 3 is 2.76 bits per heavy atom. The maximum absolute atomic E-state index is 12.2. The number of hydrogen-bond acceptors (Lipinski definition) is 5. The number of carboxylic acids is 1. The second-order valence-electron chi connectivity index (χ2n) is 4.59. The summed E-state index contributed by atoms with van der Waals surface area (Å²) in [5.74, 6) is -1.35. The quantitative estimate of drug-likeness (QED) is 0.751. The number of carbonyl (C=O) groups excluding carboxylic acids is 1. The molecule has 0 fully saturated rings. The fourth-order valence-corrected chi connectivity index (χ4v) is 2.62. The molecule has 0 aliphatic heterocycles. The van der Waals surface area contributed by atoms with Crippen LogP contribution in [0.1, 0.15) is 44.4 Å². The number of thiazole rings is 1. The number of aromatic carboxylic acids is 1. The number of anilines is 1. The first-order chi connectivity index (χ1) is 9.90. The van der Waals surface area contributed by atoms with E-state index >= 15 is 0 Å². The molecule has 2 rings (SSSR count). The fourth-order valence-electron chi connectivity index (χ4n) is 1.82. The first kappa shape index (κ1) is 15.0. The van der Waals surface area contributed by atoms with Crippen LogP contribution >= 0.6 is 11.3 Å². The van der Waals surface area contributed by atoms with Crippen molar-refractivity contribution < 1.29 is 14.7 Å². The second-order valence-corrected chi connectivity index (χ2v) is 5.48. The number of carbonyl (C=O) groups is 2. The van der Waals surface area contributed by atoms with Crippen molar-refractivity contribution in [3.05, 3.63) is 45.4 Å². The van der Waals surface area contributed by atoms with Crippen LogP contribution in [0.3, 0.4) is 0 Å². The van der Waals surface area contributed by atoms with E-state index in [0.717, 1.165) is 0 Å². The van der Waals surface area contributed by atoms with E-state index in [1.807, 2.05) is 0 Å². The number of aromatic nitrogens is 1. The Bertz CT molecular complexity index is 697. The van der Waals surface area contributed by atoms with Crippen molar-refractivity contribution in [3.63, 3.8) is 0 Å². The maximum Gasteiger partial charge on any atom is 0.355 e. The molecular formula is C14H15N3O3S. The Morgan fingerprint density at radius 1 is 1.43 bits per heavy atom. The lowest BCUT2D eigenvalue weighted by molar-refractivity contribution is 0.0691. The van der Waals surface area contributed by atoms with Crippen molar-refractivity contribution in [2.24, 2.45) is 0 Å². The smallest absolute Gasteiger partial charge is 0.355 e. The van der Waals surface area contributed by atoms with Crippen LogP contribution in [0, 0.1) is 6.92 Å². The van der Waals surface area contributed by atoms with Crippen molar-refractivity contribution >= 4 is 28.9 Å². The highest BCUT2D eigenvalue weighted by Gasteiger charge is 2.18. The van der Waals surface area contributed by atoms with E-state index in [4.69, 9.17) is 10.8 Å². The van der Waals surface area contributed by atoms with Crippen molar-refractivity contribution in [1.82, 2.24) is 10.3 Å². The molecule has 0 bridgehead atoms. The van der Waals surface area contributed by atoms with Crippen LogP contribution in [-0.4, -0.2) is 22.0 Å². The van der Waals surface area contributed by atoms with E-state index in [2.05, 4.69) is 10.3 Å². The molecule has 0 aliphatic carbocycles. The van der Waals surface area contributed by atoms with Crippen LogP contribution in [-0.2, 0) is 0 Å². The van der Waals surface area contributed by atoms with Gasteiger partial charge in [-0.25, -0.2) is 9.78 Å². The summed E-state index contributed by atoms with van der Waals surface area (Å²) < 4.78 is 0. The molecule has 1 amide bonds. The molecule has 0 saturated heterocycles. The molecule has 2 aromatic rings. The summed E-state index contributed by atoms with van der Waals surface area (Å²) in [4.78, 5) is 27.0. The largest absolute Gasteiger partial charge is 0.476 e. The third kappa shape index (κ3) is 3.19. The number of amides is 1. The molecule has 1 heterocycles. The summed E-state index contributed by atoms with van der Waals surface area (Å²) in [6, 6.07) is 4.76. The molecule has 6 nitrogen and oxygen atoms in total. The maximum atomic E-state index is 12.2. The number of nitrogens with two attached hydrogens (primary N) is 1. The van der Waals surface area contributed by atoms with Gasteiger partial charge in [-0.15, -0.1) is 11.3 Å². The van der Waals surface area contributed by atoms with Gasteiger partial charge in [0.15, 0.2) is 5.69 Å². The minimum atomic E-state index is -1.08. The molecule has 0 spiro atoms. The third-order valence-corrected chi connectivity index (χ3v) is 4.11. The normalized spacial score (nSPS) is 11.9. The second kappa shape index (κ2) is 5.92. The van der Waals surface area contributed by atoms with E-state index in [1.54, 1.807) is 32.0 Å². The lowest BCUT2D eigenvalue weighted by Gasteiger charge is -2.13. The Kier molecular flexibility index (Phi) is 4.23. The summed E-state index contributed by atoms with van der Waals surface area (Å²) in [7, 11) is 0. The highest BCUT2D eigenvalue weighted by molar-refractivity contribution is 7.09. The Morgan fingerprint density at radius 2 is 2.14 bits per heavy atom. The van der Waals surface area contributed by atoms with Crippen LogP contribution < -0.4 is 11.1 Å². The van der Waals surface area contributed by atoms with Crippen LogP contribution in [0.2, 0.25) is 0 Å². The number of nitrogens with zero attached hydrogens (tertiary/aromatic N) is 1. The summed E-state index contributed by atoms with van der Waals surface area (Å²) in [6.45, 7) is 3.53. The average Bonchev–Trinajstić information content (AvgIpc) is 2.91. The predicted octanol–water partition coefficient (Wildman–Crippen LogP) is 2.22. The van der Waals surface area contributed by atoms with Gasteiger partial charge in [0.05, 0.1) is 6.04 Å². The molecule has 0 radical (unpaired) electrons. The highest BCUT2D eigenvalue weighted by atomic mass is 32.1. The minimum absolute atomic E-state index is 0.0174. The summed E-state index contributed by atoms with van der Waals surface area (Å²) in [6.07, 6.45) is 0. The van der Waals surface area contributed by atoms with Crippen molar-refractivity contribution in [1.29, 1.82) is 0 Å². The van der Waals surface area contributed by atoms with E-state index in [1.165, 1.54) is 16.7 Å². The standard InChI is InChI=1S/C14H15N3O3S/c1-7-9(4-3-5-10(7)15)12(18)16-8(2)13-17-11(6-21-13)14(19)20/h3-6,8H,15H2,1-2H3,(H,16,18)(H,19,20). The SMILES string of the molecule is Cc1c(N)cccc1C(=O)NC(C)c1nc(C(=O)O)cs1. The van der Waals surface area contributed by atoms with Gasteiger partial charge in [0.25, 0.3) is 5.91 Å². The van der Waals surface area contributed by atoms with Crippen molar-refractivity contribution in [2.75, 3.05) is 5.73 Å². The van der Waals surface area contributed by atoms with Gasteiger partial charge in [-0.1, -0.05) is 6.07 Å². The van der Waals surface area contributed by atoms with Crippen molar-refractivity contribution in [2.45, 2.75) is 19.9 Å². The molecule has 7 heteroatoms. The number of hydrogen-bond donors (Lipinski definition) is 3. The van der Waals surface area contributed by atoms with E-state index in [0.29, 0.717) is 21.8 Å². The van der Waals surface area contributed by atoms with Gasteiger partial charge >= 0.3 is 5.97 Å². The van der Waals surface area contributed by atoms with Gasteiger partial charge in [-0.2, -0.15) is 0 Å². The first-order valence-electron chi connectivity index (χ1n) is 6.24. The molecule has 1 atom stereocenters. The first-order valence-corrected chi connectivity index (χ1v) is 7.12. The zero-order valence-electron chi connectivity index (χ0n) is 11.6. The minimum Gasteiger partial charge on any atom is -0.476 e. The average molecular weight is 305 g/mol. The highest BCUT2D eigenvalue weighted by Crippen LogP contribution is 2.20. The van der Waals surface area contributed by atoms with E-state index in [9.17, 15) is 9.59 Å². The van der Waals surface area contributed by atoms with Crippen LogP contribution in [0.5, 0.6) is 0 Å². The number of nitrogen functional groups attached to an aromatic ring is 1. The van der Waals surface area contributed by atoms with E-state index in [-0.39, 0.29) is 17.6 Å². The Labute approximate surface area is 125 Å². The molecule has 1 unspecified atom stereocenters. The van der Waals surface area contributed by atoms with Crippen LogP contribution in [0.25, 0.3) is 0 Å².